The molecule has 6 heteroatoms. The third kappa shape index (κ3) is 4.03. The van der Waals surface area contributed by atoms with Gasteiger partial charge in [-0.15, -0.1) is 0 Å². The van der Waals surface area contributed by atoms with Crippen LogP contribution in [0.2, 0.25) is 0 Å². The highest BCUT2D eigenvalue weighted by atomic mass is 16.5. The molecule has 2 aromatic heterocycles. The van der Waals surface area contributed by atoms with Crippen molar-refractivity contribution in [2.24, 2.45) is 0 Å². The fraction of sp³-hybridized carbons (Fsp3) is 0.208. The average Bonchev–Trinajstić information content (AvgIpc) is 3.29. The SMILES string of the molecule is COc1cc(Cn2c(C(=O)NCc3ccccc3)cc3oc(C)cc32)cc(OC)c1. The molecule has 0 saturated carbocycles. The van der Waals surface area contributed by atoms with Crippen LogP contribution in [0.3, 0.4) is 0 Å². The fourth-order valence-corrected chi connectivity index (χ4v) is 3.53. The lowest BCUT2D eigenvalue weighted by molar-refractivity contribution is 0.0942. The number of amides is 1. The number of rotatable bonds is 7. The lowest BCUT2D eigenvalue weighted by atomic mass is 10.2. The number of nitrogens with one attached hydrogen (secondary N) is 1. The van der Waals surface area contributed by atoms with Gasteiger partial charge >= 0.3 is 0 Å². The van der Waals surface area contributed by atoms with Gasteiger partial charge in [-0.3, -0.25) is 4.79 Å². The number of ether oxygens (including phenoxy) is 2. The van der Waals surface area contributed by atoms with Crippen molar-refractivity contribution in [3.8, 4) is 11.5 Å². The number of fused-ring (bicyclic) bond motifs is 1. The molecule has 1 N–H and O–H groups in total. The van der Waals surface area contributed by atoms with Crippen LogP contribution in [0.15, 0.2) is 65.1 Å². The topological polar surface area (TPSA) is 65.6 Å². The number of carbonyl (C=O) groups excluding carboxylic acids is 1. The van der Waals surface area contributed by atoms with Crippen molar-refractivity contribution in [2.45, 2.75) is 20.0 Å². The molecule has 0 fully saturated rings. The van der Waals surface area contributed by atoms with Gasteiger partial charge in [0.2, 0.25) is 0 Å². The smallest absolute Gasteiger partial charge is 0.268 e. The highest BCUT2D eigenvalue weighted by Gasteiger charge is 2.19. The summed E-state index contributed by atoms with van der Waals surface area (Å²) in [5.74, 6) is 2.04. The number of hydrogen-bond donors (Lipinski definition) is 1. The number of aryl methyl sites for hydroxylation is 1. The Hall–Kier alpha value is -3.67. The monoisotopic (exact) mass is 404 g/mol. The van der Waals surface area contributed by atoms with Crippen molar-refractivity contribution in [3.63, 3.8) is 0 Å². The Balaban J connectivity index is 1.67. The molecule has 0 aliphatic rings. The lowest BCUT2D eigenvalue weighted by Gasteiger charge is -2.13. The summed E-state index contributed by atoms with van der Waals surface area (Å²) in [5.41, 5.74) is 4.11. The highest BCUT2D eigenvalue weighted by molar-refractivity contribution is 5.97. The number of furan rings is 1. The minimum Gasteiger partial charge on any atom is -0.497 e. The molecule has 0 unspecified atom stereocenters. The van der Waals surface area contributed by atoms with Crippen LogP contribution in [0.1, 0.15) is 27.4 Å². The summed E-state index contributed by atoms with van der Waals surface area (Å²) in [7, 11) is 3.24. The van der Waals surface area contributed by atoms with Crippen molar-refractivity contribution < 1.29 is 18.7 Å². The van der Waals surface area contributed by atoms with E-state index in [0.29, 0.717) is 35.9 Å². The molecule has 0 bridgehead atoms. The molecule has 30 heavy (non-hydrogen) atoms. The summed E-state index contributed by atoms with van der Waals surface area (Å²) in [6.45, 7) is 2.83. The lowest BCUT2D eigenvalue weighted by Crippen LogP contribution is -2.25. The Morgan fingerprint density at radius 1 is 0.967 bits per heavy atom. The number of benzene rings is 2. The summed E-state index contributed by atoms with van der Waals surface area (Å²) in [6, 6.07) is 19.3. The quantitative estimate of drug-likeness (QED) is 0.491. The molecular formula is C24H24N2O4. The zero-order chi connectivity index (χ0) is 21.1. The third-order valence-corrected chi connectivity index (χ3v) is 4.99. The van der Waals surface area contributed by atoms with Crippen molar-refractivity contribution >= 4 is 17.0 Å². The van der Waals surface area contributed by atoms with Crippen LogP contribution in [-0.4, -0.2) is 24.7 Å². The molecular weight excluding hydrogens is 380 g/mol. The maximum absolute atomic E-state index is 13.0. The van der Waals surface area contributed by atoms with E-state index < -0.39 is 0 Å². The van der Waals surface area contributed by atoms with Gasteiger partial charge < -0.3 is 23.8 Å². The van der Waals surface area contributed by atoms with Crippen LogP contribution in [-0.2, 0) is 13.1 Å². The van der Waals surface area contributed by atoms with Gasteiger partial charge in [-0.1, -0.05) is 30.3 Å². The van der Waals surface area contributed by atoms with E-state index in [1.165, 1.54) is 0 Å². The fourth-order valence-electron chi connectivity index (χ4n) is 3.53. The van der Waals surface area contributed by atoms with Gasteiger partial charge in [0.05, 0.1) is 19.7 Å². The molecule has 2 heterocycles. The van der Waals surface area contributed by atoms with Crippen LogP contribution in [0.25, 0.3) is 11.1 Å². The maximum Gasteiger partial charge on any atom is 0.268 e. The second-order valence-corrected chi connectivity index (χ2v) is 7.11. The minimum atomic E-state index is -0.155. The summed E-state index contributed by atoms with van der Waals surface area (Å²) in [6.07, 6.45) is 0. The van der Waals surface area contributed by atoms with E-state index in [-0.39, 0.29) is 5.91 Å². The standard InChI is InChI=1S/C24H24N2O4/c1-16-9-21-23(30-16)13-22(24(27)25-14-17-7-5-4-6-8-17)26(21)15-18-10-19(28-2)12-20(11-18)29-3/h4-13H,14-15H2,1-3H3,(H,25,27). The zero-order valence-electron chi connectivity index (χ0n) is 17.3. The molecule has 6 nitrogen and oxygen atoms in total. The number of methoxy groups -OCH3 is 2. The number of nitrogens with zero attached hydrogens (tertiary/aromatic N) is 1. The van der Waals surface area contributed by atoms with E-state index in [4.69, 9.17) is 13.9 Å². The zero-order valence-corrected chi connectivity index (χ0v) is 17.3. The van der Waals surface area contributed by atoms with Crippen LogP contribution >= 0.6 is 0 Å². The molecule has 0 radical (unpaired) electrons. The molecule has 2 aromatic carbocycles. The first-order chi connectivity index (χ1) is 14.6. The molecule has 0 aliphatic heterocycles. The predicted molar refractivity (Wildman–Crippen MR) is 115 cm³/mol. The Bertz CT molecular complexity index is 1150. The summed E-state index contributed by atoms with van der Waals surface area (Å²) >= 11 is 0. The number of hydrogen-bond acceptors (Lipinski definition) is 4. The number of aromatic nitrogens is 1. The van der Waals surface area contributed by atoms with E-state index in [9.17, 15) is 4.79 Å². The Labute approximate surface area is 175 Å². The number of carbonyl (C=O) groups is 1. The Morgan fingerprint density at radius 2 is 1.67 bits per heavy atom. The van der Waals surface area contributed by atoms with Gasteiger partial charge in [0, 0.05) is 31.3 Å². The van der Waals surface area contributed by atoms with Crippen LogP contribution < -0.4 is 14.8 Å². The molecule has 4 rings (SSSR count). The van der Waals surface area contributed by atoms with Crippen molar-refractivity contribution in [3.05, 3.63) is 83.2 Å². The molecule has 154 valence electrons. The van der Waals surface area contributed by atoms with E-state index in [1.54, 1.807) is 20.3 Å². The molecule has 1 amide bonds. The first kappa shape index (κ1) is 19.6. The molecule has 0 aliphatic carbocycles. The van der Waals surface area contributed by atoms with Gasteiger partial charge in [-0.25, -0.2) is 0 Å². The molecule has 0 saturated heterocycles. The summed E-state index contributed by atoms with van der Waals surface area (Å²) in [4.78, 5) is 13.0. The van der Waals surface area contributed by atoms with E-state index >= 15 is 0 Å². The van der Waals surface area contributed by atoms with Crippen molar-refractivity contribution in [2.75, 3.05) is 14.2 Å². The molecule has 4 aromatic rings. The van der Waals surface area contributed by atoms with Gasteiger partial charge in [-0.05, 0) is 30.2 Å². The normalized spacial score (nSPS) is 10.9. The van der Waals surface area contributed by atoms with Crippen molar-refractivity contribution in [1.29, 1.82) is 0 Å². The summed E-state index contributed by atoms with van der Waals surface area (Å²) in [5, 5.41) is 3.00. The summed E-state index contributed by atoms with van der Waals surface area (Å²) < 4.78 is 18.5. The van der Waals surface area contributed by atoms with Crippen LogP contribution in [0.5, 0.6) is 11.5 Å². The average molecular weight is 404 g/mol. The van der Waals surface area contributed by atoms with E-state index in [2.05, 4.69) is 5.32 Å². The van der Waals surface area contributed by atoms with Gasteiger partial charge in [0.25, 0.3) is 5.91 Å². The highest BCUT2D eigenvalue weighted by Crippen LogP contribution is 2.28. The van der Waals surface area contributed by atoms with Crippen LogP contribution in [0, 0.1) is 6.92 Å². The predicted octanol–water partition coefficient (Wildman–Crippen LogP) is 4.54. The third-order valence-electron chi connectivity index (χ3n) is 4.99. The first-order valence-corrected chi connectivity index (χ1v) is 9.71. The Kier molecular flexibility index (Phi) is 5.48. The first-order valence-electron chi connectivity index (χ1n) is 9.71. The van der Waals surface area contributed by atoms with Gasteiger partial charge in [0.1, 0.15) is 23.0 Å². The second-order valence-electron chi connectivity index (χ2n) is 7.11. The van der Waals surface area contributed by atoms with E-state index in [1.807, 2.05) is 66.1 Å². The maximum atomic E-state index is 13.0. The van der Waals surface area contributed by atoms with Crippen LogP contribution in [0.4, 0.5) is 0 Å². The molecule has 0 atom stereocenters. The Morgan fingerprint density at radius 3 is 2.33 bits per heavy atom. The second kappa shape index (κ2) is 8.37. The largest absolute Gasteiger partial charge is 0.497 e. The van der Waals surface area contributed by atoms with Crippen molar-refractivity contribution in [1.82, 2.24) is 9.88 Å². The van der Waals surface area contributed by atoms with E-state index in [0.717, 1.165) is 22.4 Å². The van der Waals surface area contributed by atoms with Gasteiger partial charge in [0.15, 0.2) is 5.58 Å². The van der Waals surface area contributed by atoms with Gasteiger partial charge in [-0.2, -0.15) is 0 Å². The molecule has 0 spiro atoms. The minimum absolute atomic E-state index is 0.155.